The highest BCUT2D eigenvalue weighted by molar-refractivity contribution is 7.18. The van der Waals surface area contributed by atoms with Crippen LogP contribution >= 0.6 is 11.3 Å². The van der Waals surface area contributed by atoms with Gasteiger partial charge in [0.2, 0.25) is 0 Å². The summed E-state index contributed by atoms with van der Waals surface area (Å²) in [5.41, 5.74) is 6.67. The summed E-state index contributed by atoms with van der Waals surface area (Å²) in [7, 11) is 2.18. The van der Waals surface area contributed by atoms with Gasteiger partial charge in [-0.2, -0.15) is 0 Å². The van der Waals surface area contributed by atoms with E-state index in [4.69, 9.17) is 5.73 Å². The van der Waals surface area contributed by atoms with Crippen molar-refractivity contribution in [2.75, 3.05) is 37.3 Å². The van der Waals surface area contributed by atoms with Crippen molar-refractivity contribution in [3.63, 3.8) is 0 Å². The number of ketones is 1. The van der Waals surface area contributed by atoms with Gasteiger partial charge in [-0.25, -0.2) is 0 Å². The molecule has 1 aromatic heterocycles. The number of nitrogen functional groups attached to an aromatic ring is 1. The zero-order chi connectivity index (χ0) is 14.7. The van der Waals surface area contributed by atoms with Crippen molar-refractivity contribution in [3.05, 3.63) is 10.9 Å². The summed E-state index contributed by atoms with van der Waals surface area (Å²) in [4.78, 5) is 17.5. The number of rotatable bonds is 4. The Labute approximate surface area is 125 Å². The number of hydrogen-bond acceptors (Lipinski definition) is 5. The minimum absolute atomic E-state index is 0.152. The minimum atomic E-state index is 0.152. The van der Waals surface area contributed by atoms with Gasteiger partial charge in [0.05, 0.1) is 15.6 Å². The standard InChI is InChI=1S/C15H25N3OS/c1-4-11-10-17(3)7-6-8-18(11)14-9-12(16)15(20-14)13(19)5-2/h9,11H,4-8,10,16H2,1-3H3. The van der Waals surface area contributed by atoms with Crippen molar-refractivity contribution in [3.8, 4) is 0 Å². The molecular weight excluding hydrogens is 270 g/mol. The van der Waals surface area contributed by atoms with Gasteiger partial charge in [-0.3, -0.25) is 4.79 Å². The minimum Gasteiger partial charge on any atom is -0.397 e. The van der Waals surface area contributed by atoms with Gasteiger partial charge in [0.1, 0.15) is 0 Å². The van der Waals surface area contributed by atoms with Gasteiger partial charge in [0, 0.05) is 25.6 Å². The lowest BCUT2D eigenvalue weighted by Gasteiger charge is -2.30. The Kier molecular flexibility index (Phi) is 5.05. The molecule has 20 heavy (non-hydrogen) atoms. The molecule has 1 atom stereocenters. The number of nitrogens with zero attached hydrogens (tertiary/aromatic N) is 2. The van der Waals surface area contributed by atoms with Crippen LogP contribution in [0.25, 0.3) is 0 Å². The van der Waals surface area contributed by atoms with Crippen LogP contribution in [0.1, 0.15) is 42.8 Å². The van der Waals surface area contributed by atoms with Crippen molar-refractivity contribution in [2.45, 2.75) is 39.2 Å². The Morgan fingerprint density at radius 2 is 2.20 bits per heavy atom. The highest BCUT2D eigenvalue weighted by Crippen LogP contribution is 2.35. The number of nitrogens with two attached hydrogens (primary N) is 1. The molecule has 5 heteroatoms. The molecule has 1 fully saturated rings. The number of likely N-dealkylation sites (N-methyl/N-ethyl adjacent to an activating group) is 1. The van der Waals surface area contributed by atoms with Gasteiger partial charge in [-0.05, 0) is 32.5 Å². The first-order valence-corrected chi connectivity index (χ1v) is 8.26. The third-order valence-electron chi connectivity index (χ3n) is 3.98. The van der Waals surface area contributed by atoms with Crippen LogP contribution in [0.5, 0.6) is 0 Å². The maximum atomic E-state index is 11.9. The normalized spacial score (nSPS) is 20.9. The topological polar surface area (TPSA) is 49.6 Å². The molecule has 112 valence electrons. The number of carbonyl (C=O) groups is 1. The van der Waals surface area contributed by atoms with Crippen LogP contribution in [0.2, 0.25) is 0 Å². The number of anilines is 2. The van der Waals surface area contributed by atoms with Crippen LogP contribution in [-0.2, 0) is 0 Å². The van der Waals surface area contributed by atoms with Crippen molar-refractivity contribution in [2.24, 2.45) is 0 Å². The molecule has 1 saturated heterocycles. The first-order valence-electron chi connectivity index (χ1n) is 7.44. The molecule has 0 saturated carbocycles. The van der Waals surface area contributed by atoms with Gasteiger partial charge < -0.3 is 15.5 Å². The molecule has 1 aliphatic heterocycles. The van der Waals surface area contributed by atoms with E-state index in [1.165, 1.54) is 0 Å². The van der Waals surface area contributed by atoms with Crippen LogP contribution in [0, 0.1) is 0 Å². The van der Waals surface area contributed by atoms with Crippen LogP contribution < -0.4 is 10.6 Å². The van der Waals surface area contributed by atoms with Crippen molar-refractivity contribution in [1.82, 2.24) is 4.90 Å². The van der Waals surface area contributed by atoms with E-state index < -0.39 is 0 Å². The van der Waals surface area contributed by atoms with Crippen LogP contribution in [0.3, 0.4) is 0 Å². The molecular formula is C15H25N3OS. The molecule has 1 unspecified atom stereocenters. The Balaban J connectivity index is 2.26. The van der Waals surface area contributed by atoms with Gasteiger partial charge in [0.15, 0.2) is 5.78 Å². The maximum Gasteiger partial charge on any atom is 0.174 e. The predicted octanol–water partition coefficient (Wildman–Crippen LogP) is 2.84. The van der Waals surface area contributed by atoms with E-state index in [1.807, 2.05) is 13.0 Å². The van der Waals surface area contributed by atoms with E-state index in [2.05, 4.69) is 23.8 Å². The average Bonchev–Trinajstić information content (AvgIpc) is 2.71. The molecule has 2 heterocycles. The van der Waals surface area contributed by atoms with Crippen molar-refractivity contribution in [1.29, 1.82) is 0 Å². The first kappa shape index (κ1) is 15.3. The van der Waals surface area contributed by atoms with Crippen LogP contribution in [-0.4, -0.2) is 43.4 Å². The average molecular weight is 295 g/mol. The second kappa shape index (κ2) is 6.59. The highest BCUT2D eigenvalue weighted by atomic mass is 32.1. The number of hydrogen-bond donors (Lipinski definition) is 1. The SMILES string of the molecule is CCC(=O)c1sc(N2CCCN(C)CC2CC)cc1N. The van der Waals surface area contributed by atoms with E-state index in [1.54, 1.807) is 11.3 Å². The number of carbonyl (C=O) groups excluding carboxylic acids is 1. The van der Waals surface area contributed by atoms with E-state index in [-0.39, 0.29) is 5.78 Å². The molecule has 0 bridgehead atoms. The first-order chi connectivity index (χ1) is 9.56. The fourth-order valence-corrected chi connectivity index (χ4v) is 3.98. The number of Topliss-reactive ketones (excluding diaryl/α,β-unsaturated/α-hetero) is 1. The second-order valence-corrected chi connectivity index (χ2v) is 6.55. The summed E-state index contributed by atoms with van der Waals surface area (Å²) in [6, 6.07) is 2.49. The molecule has 0 amide bonds. The van der Waals surface area contributed by atoms with E-state index in [9.17, 15) is 4.79 Å². The Bertz CT molecular complexity index is 472. The molecule has 2 rings (SSSR count). The predicted molar refractivity (Wildman–Crippen MR) is 86.9 cm³/mol. The summed E-state index contributed by atoms with van der Waals surface area (Å²) < 4.78 is 0. The van der Waals surface area contributed by atoms with E-state index in [0.29, 0.717) is 18.2 Å². The summed E-state index contributed by atoms with van der Waals surface area (Å²) >= 11 is 1.56. The number of thiophene rings is 1. The maximum absolute atomic E-state index is 11.9. The zero-order valence-corrected chi connectivity index (χ0v) is 13.5. The van der Waals surface area contributed by atoms with Gasteiger partial charge in [-0.1, -0.05) is 13.8 Å². The molecule has 1 aromatic rings. The van der Waals surface area contributed by atoms with Crippen molar-refractivity contribution < 1.29 is 4.79 Å². The lowest BCUT2D eigenvalue weighted by molar-refractivity contribution is 0.0993. The molecule has 2 N–H and O–H groups in total. The zero-order valence-electron chi connectivity index (χ0n) is 12.7. The summed E-state index contributed by atoms with van der Waals surface area (Å²) in [6.45, 7) is 7.37. The van der Waals surface area contributed by atoms with Crippen LogP contribution in [0.15, 0.2) is 6.07 Å². The highest BCUT2D eigenvalue weighted by Gasteiger charge is 2.25. The quantitative estimate of drug-likeness (QED) is 0.868. The molecule has 0 aromatic carbocycles. The Morgan fingerprint density at radius 3 is 2.85 bits per heavy atom. The molecule has 4 nitrogen and oxygen atoms in total. The fraction of sp³-hybridized carbons (Fsp3) is 0.667. The largest absolute Gasteiger partial charge is 0.397 e. The van der Waals surface area contributed by atoms with E-state index >= 15 is 0 Å². The second-order valence-electron chi connectivity index (χ2n) is 5.52. The summed E-state index contributed by atoms with van der Waals surface area (Å²) in [5, 5.41) is 1.15. The fourth-order valence-electron chi connectivity index (χ4n) is 2.79. The van der Waals surface area contributed by atoms with Crippen molar-refractivity contribution >= 4 is 27.8 Å². The molecule has 0 aliphatic carbocycles. The molecule has 0 spiro atoms. The third-order valence-corrected chi connectivity index (χ3v) is 5.21. The smallest absolute Gasteiger partial charge is 0.174 e. The van der Waals surface area contributed by atoms with Gasteiger partial charge >= 0.3 is 0 Å². The third kappa shape index (κ3) is 3.15. The molecule has 1 aliphatic rings. The Hall–Kier alpha value is -1.07. The van der Waals surface area contributed by atoms with Gasteiger partial charge in [0.25, 0.3) is 0 Å². The lowest BCUT2D eigenvalue weighted by atomic mass is 10.2. The molecule has 0 radical (unpaired) electrons. The van der Waals surface area contributed by atoms with Gasteiger partial charge in [-0.15, -0.1) is 11.3 Å². The Morgan fingerprint density at radius 1 is 1.45 bits per heavy atom. The lowest BCUT2D eigenvalue weighted by Crippen LogP contribution is -2.39. The summed E-state index contributed by atoms with van der Waals surface area (Å²) in [6.07, 6.45) is 2.78. The van der Waals surface area contributed by atoms with Crippen LogP contribution in [0.4, 0.5) is 10.7 Å². The monoisotopic (exact) mass is 295 g/mol. The van der Waals surface area contributed by atoms with E-state index in [0.717, 1.165) is 42.4 Å². The summed E-state index contributed by atoms with van der Waals surface area (Å²) in [5.74, 6) is 0.152.